The minimum atomic E-state index is -0.741. The van der Waals surface area contributed by atoms with Crippen LogP contribution in [-0.2, 0) is 14.4 Å². The number of nitrogens with zero attached hydrogens (tertiary/aromatic N) is 1. The first-order valence-corrected chi connectivity index (χ1v) is 5.99. The molecule has 1 amide bonds. The molecular weight excluding hydrogens is 253 g/mol. The van der Waals surface area contributed by atoms with Gasteiger partial charge in [0.1, 0.15) is 5.82 Å². The standard InChI is InChI=1S/C13H14FNO4/c14-10-6-4-9(5-7-10)11(17)2-1-3-12(18)15-13(8-16)19-15/h4-8,11,13,17H,1-3H2/t11-,13?,15?/m0/s1. The van der Waals surface area contributed by atoms with Crippen LogP contribution in [0.3, 0.4) is 0 Å². The van der Waals surface area contributed by atoms with Gasteiger partial charge in [-0.05, 0) is 30.5 Å². The molecule has 5 nitrogen and oxygen atoms in total. The summed E-state index contributed by atoms with van der Waals surface area (Å²) in [6, 6.07) is 5.58. The zero-order valence-electron chi connectivity index (χ0n) is 10.2. The molecule has 0 spiro atoms. The van der Waals surface area contributed by atoms with Gasteiger partial charge in [0.15, 0.2) is 6.29 Å². The van der Waals surface area contributed by atoms with E-state index in [2.05, 4.69) is 0 Å². The van der Waals surface area contributed by atoms with Crippen molar-refractivity contribution < 1.29 is 23.9 Å². The average molecular weight is 267 g/mol. The molecule has 1 aliphatic rings. The molecule has 0 saturated carbocycles. The highest BCUT2D eigenvalue weighted by Gasteiger charge is 2.40. The van der Waals surface area contributed by atoms with Gasteiger partial charge in [-0.15, -0.1) is 0 Å². The number of hydrogen-bond donors (Lipinski definition) is 1. The molecule has 19 heavy (non-hydrogen) atoms. The van der Waals surface area contributed by atoms with E-state index in [9.17, 15) is 19.1 Å². The number of halogens is 1. The maximum absolute atomic E-state index is 12.7. The van der Waals surface area contributed by atoms with E-state index in [1.54, 1.807) is 0 Å². The Morgan fingerprint density at radius 2 is 2.16 bits per heavy atom. The Balaban J connectivity index is 1.72. The van der Waals surface area contributed by atoms with Crippen LogP contribution >= 0.6 is 0 Å². The van der Waals surface area contributed by atoms with Crippen molar-refractivity contribution in [3.05, 3.63) is 35.6 Å². The van der Waals surface area contributed by atoms with Crippen LogP contribution in [0.25, 0.3) is 0 Å². The molecule has 1 aromatic rings. The molecular formula is C13H14FNO4. The molecule has 0 aliphatic carbocycles. The summed E-state index contributed by atoms with van der Waals surface area (Å²) in [4.78, 5) is 26.4. The first-order valence-electron chi connectivity index (χ1n) is 5.99. The molecule has 2 rings (SSSR count). The summed E-state index contributed by atoms with van der Waals surface area (Å²) in [5.41, 5.74) is 0.614. The summed E-state index contributed by atoms with van der Waals surface area (Å²) in [5.74, 6) is -0.631. The molecule has 1 aliphatic heterocycles. The molecule has 2 atom stereocenters. The van der Waals surface area contributed by atoms with E-state index in [0.717, 1.165) is 5.06 Å². The largest absolute Gasteiger partial charge is 0.388 e. The Hall–Kier alpha value is -1.79. The van der Waals surface area contributed by atoms with Crippen molar-refractivity contribution in [2.45, 2.75) is 31.6 Å². The second-order valence-corrected chi connectivity index (χ2v) is 4.31. The fraction of sp³-hybridized carbons (Fsp3) is 0.385. The molecule has 6 heteroatoms. The topological polar surface area (TPSA) is 69.9 Å². The highest BCUT2D eigenvalue weighted by atomic mass is 19.1. The second-order valence-electron chi connectivity index (χ2n) is 4.31. The van der Waals surface area contributed by atoms with Crippen LogP contribution in [0.2, 0.25) is 0 Å². The van der Waals surface area contributed by atoms with Crippen molar-refractivity contribution >= 4 is 12.2 Å². The van der Waals surface area contributed by atoms with Crippen LogP contribution in [-0.4, -0.2) is 28.6 Å². The van der Waals surface area contributed by atoms with Gasteiger partial charge in [0.25, 0.3) is 0 Å². The van der Waals surface area contributed by atoms with Crippen LogP contribution in [0.15, 0.2) is 24.3 Å². The number of hydrogen-bond acceptors (Lipinski definition) is 4. The van der Waals surface area contributed by atoms with Gasteiger partial charge in [-0.3, -0.25) is 9.59 Å². The SMILES string of the molecule is O=CC1ON1C(=O)CCC[C@H](O)c1ccc(F)cc1. The highest BCUT2D eigenvalue weighted by Crippen LogP contribution is 2.23. The summed E-state index contributed by atoms with van der Waals surface area (Å²) in [6.07, 6.45) is 0.119. The number of carbonyl (C=O) groups is 2. The van der Waals surface area contributed by atoms with E-state index in [1.807, 2.05) is 0 Å². The first kappa shape index (κ1) is 13.6. The molecule has 1 heterocycles. The maximum atomic E-state index is 12.7. The summed E-state index contributed by atoms with van der Waals surface area (Å²) < 4.78 is 12.7. The van der Waals surface area contributed by atoms with Gasteiger partial charge < -0.3 is 5.11 Å². The van der Waals surface area contributed by atoms with E-state index in [0.29, 0.717) is 24.7 Å². The lowest BCUT2D eigenvalue weighted by molar-refractivity contribution is -0.132. The minimum Gasteiger partial charge on any atom is -0.388 e. The quantitative estimate of drug-likeness (QED) is 0.623. The summed E-state index contributed by atoms with van der Waals surface area (Å²) >= 11 is 0. The van der Waals surface area contributed by atoms with Gasteiger partial charge in [0, 0.05) is 6.42 Å². The third kappa shape index (κ3) is 3.59. The number of aliphatic hydroxyl groups excluding tert-OH is 1. The molecule has 1 fully saturated rings. The number of carbonyl (C=O) groups excluding carboxylic acids is 2. The zero-order chi connectivity index (χ0) is 13.8. The number of rotatable bonds is 6. The van der Waals surface area contributed by atoms with Gasteiger partial charge >= 0.3 is 0 Å². The van der Waals surface area contributed by atoms with Crippen molar-refractivity contribution in [3.63, 3.8) is 0 Å². The smallest absolute Gasteiger partial charge is 0.249 e. The van der Waals surface area contributed by atoms with Crippen molar-refractivity contribution in [2.75, 3.05) is 0 Å². The lowest BCUT2D eigenvalue weighted by Gasteiger charge is -2.10. The Labute approximate surface area is 109 Å². The van der Waals surface area contributed by atoms with Crippen LogP contribution in [0.4, 0.5) is 4.39 Å². The van der Waals surface area contributed by atoms with Gasteiger partial charge in [-0.2, -0.15) is 5.06 Å². The summed E-state index contributed by atoms with van der Waals surface area (Å²) in [6.45, 7) is 0. The lowest BCUT2D eigenvalue weighted by atomic mass is 10.0. The summed E-state index contributed by atoms with van der Waals surface area (Å²) in [5, 5.41) is 10.9. The van der Waals surface area contributed by atoms with E-state index >= 15 is 0 Å². The zero-order valence-corrected chi connectivity index (χ0v) is 10.2. The van der Waals surface area contributed by atoms with E-state index in [1.165, 1.54) is 24.3 Å². The monoisotopic (exact) mass is 267 g/mol. The van der Waals surface area contributed by atoms with Crippen LogP contribution in [0.1, 0.15) is 30.9 Å². The fourth-order valence-corrected chi connectivity index (χ4v) is 1.78. The van der Waals surface area contributed by atoms with Crippen molar-refractivity contribution in [3.8, 4) is 0 Å². The first-order chi connectivity index (χ1) is 9.11. The molecule has 1 saturated heterocycles. The Bertz CT molecular complexity index is 462. The van der Waals surface area contributed by atoms with Crippen LogP contribution in [0, 0.1) is 5.82 Å². The fourth-order valence-electron chi connectivity index (χ4n) is 1.78. The van der Waals surface area contributed by atoms with Gasteiger partial charge in [-0.1, -0.05) is 12.1 Å². The van der Waals surface area contributed by atoms with Gasteiger partial charge in [0.2, 0.25) is 12.1 Å². The van der Waals surface area contributed by atoms with E-state index in [4.69, 9.17) is 4.84 Å². The van der Waals surface area contributed by atoms with Crippen LogP contribution < -0.4 is 0 Å². The predicted molar refractivity (Wildman–Crippen MR) is 63.0 cm³/mol. The van der Waals surface area contributed by atoms with Gasteiger partial charge in [-0.25, -0.2) is 9.23 Å². The number of benzene rings is 1. The Morgan fingerprint density at radius 1 is 1.47 bits per heavy atom. The summed E-state index contributed by atoms with van der Waals surface area (Å²) in [7, 11) is 0. The number of aliphatic hydroxyl groups is 1. The molecule has 1 N–H and O–H groups in total. The third-order valence-electron chi connectivity index (χ3n) is 2.89. The minimum absolute atomic E-state index is 0.197. The maximum Gasteiger partial charge on any atom is 0.249 e. The van der Waals surface area contributed by atoms with Crippen molar-refractivity contribution in [2.24, 2.45) is 0 Å². The third-order valence-corrected chi connectivity index (χ3v) is 2.89. The highest BCUT2D eigenvalue weighted by molar-refractivity contribution is 5.80. The van der Waals surface area contributed by atoms with E-state index < -0.39 is 12.3 Å². The molecule has 102 valence electrons. The molecule has 0 radical (unpaired) electrons. The number of hydroxylamine groups is 2. The molecule has 0 bridgehead atoms. The van der Waals surface area contributed by atoms with Crippen LogP contribution in [0.5, 0.6) is 0 Å². The Kier molecular flexibility index (Phi) is 4.24. The van der Waals surface area contributed by atoms with E-state index in [-0.39, 0.29) is 18.1 Å². The van der Waals surface area contributed by atoms with Gasteiger partial charge in [0.05, 0.1) is 6.10 Å². The lowest BCUT2D eigenvalue weighted by Crippen LogP contribution is -2.13. The number of amides is 1. The van der Waals surface area contributed by atoms with Crippen molar-refractivity contribution in [1.29, 1.82) is 0 Å². The second kappa shape index (κ2) is 5.90. The number of aldehydes is 1. The Morgan fingerprint density at radius 3 is 2.74 bits per heavy atom. The molecule has 1 unspecified atom stereocenters. The predicted octanol–water partition coefficient (Wildman–Crippen LogP) is 1.33. The average Bonchev–Trinajstić information content (AvgIpc) is 3.18. The molecule has 0 aromatic heterocycles. The normalized spacial score (nSPS) is 19.1. The molecule has 1 aromatic carbocycles. The van der Waals surface area contributed by atoms with Crippen molar-refractivity contribution in [1.82, 2.24) is 5.06 Å².